The van der Waals surface area contributed by atoms with Crippen molar-refractivity contribution in [2.45, 2.75) is 19.8 Å². The smallest absolute Gasteiger partial charge is 0.246 e. The summed E-state index contributed by atoms with van der Waals surface area (Å²) in [4.78, 5) is 20.8. The summed E-state index contributed by atoms with van der Waals surface area (Å²) in [6.45, 7) is 5.86. The lowest BCUT2D eigenvalue weighted by Crippen LogP contribution is -2.48. The summed E-state index contributed by atoms with van der Waals surface area (Å²) < 4.78 is 11.2. The number of ether oxygens (including phenoxy) is 2. The van der Waals surface area contributed by atoms with Crippen LogP contribution >= 0.6 is 0 Å². The minimum absolute atomic E-state index is 0.0293. The minimum Gasteiger partial charge on any atom is -0.493 e. The van der Waals surface area contributed by atoms with Crippen molar-refractivity contribution in [1.82, 2.24) is 9.88 Å². The summed E-state index contributed by atoms with van der Waals surface area (Å²) >= 11 is 0. The lowest BCUT2D eigenvalue weighted by Gasteiger charge is -2.35. The first-order valence-corrected chi connectivity index (χ1v) is 10.1. The fourth-order valence-electron chi connectivity index (χ4n) is 3.25. The first kappa shape index (κ1) is 20.7. The van der Waals surface area contributed by atoms with Crippen LogP contribution in [0, 0.1) is 0 Å². The van der Waals surface area contributed by atoms with Crippen LogP contribution in [-0.2, 0) is 4.79 Å². The highest BCUT2D eigenvalue weighted by Crippen LogP contribution is 2.28. The van der Waals surface area contributed by atoms with Gasteiger partial charge in [-0.3, -0.25) is 9.78 Å². The molecule has 0 unspecified atom stereocenters. The third-order valence-electron chi connectivity index (χ3n) is 4.98. The number of methoxy groups -OCH3 is 1. The van der Waals surface area contributed by atoms with Gasteiger partial charge < -0.3 is 19.3 Å². The molecule has 0 atom stereocenters. The third kappa shape index (κ3) is 5.73. The van der Waals surface area contributed by atoms with Gasteiger partial charge in [-0.1, -0.05) is 19.4 Å². The van der Waals surface area contributed by atoms with Gasteiger partial charge in [0.05, 0.1) is 13.7 Å². The number of aromatic nitrogens is 1. The molecule has 29 heavy (non-hydrogen) atoms. The van der Waals surface area contributed by atoms with Crippen molar-refractivity contribution in [2.24, 2.45) is 0 Å². The van der Waals surface area contributed by atoms with E-state index in [9.17, 15) is 4.79 Å². The molecule has 0 saturated carbocycles. The van der Waals surface area contributed by atoms with Crippen molar-refractivity contribution in [3.63, 3.8) is 0 Å². The SMILES string of the molecule is CCCCOc1ccc(/C=C/C(=O)N2CCN(c3ccncc3)CC2)cc1OC. The van der Waals surface area contributed by atoms with Crippen molar-refractivity contribution in [1.29, 1.82) is 0 Å². The van der Waals surface area contributed by atoms with Gasteiger partial charge in [-0.25, -0.2) is 0 Å². The third-order valence-corrected chi connectivity index (χ3v) is 4.98. The normalized spacial score (nSPS) is 14.3. The molecule has 1 aliphatic heterocycles. The number of amides is 1. The summed E-state index contributed by atoms with van der Waals surface area (Å²) in [6, 6.07) is 9.73. The molecule has 1 fully saturated rings. The van der Waals surface area contributed by atoms with Gasteiger partial charge in [0, 0.05) is 50.3 Å². The Hall–Kier alpha value is -3.02. The number of hydrogen-bond acceptors (Lipinski definition) is 5. The number of anilines is 1. The maximum Gasteiger partial charge on any atom is 0.246 e. The number of pyridine rings is 1. The molecule has 6 nitrogen and oxygen atoms in total. The zero-order valence-corrected chi connectivity index (χ0v) is 17.2. The van der Waals surface area contributed by atoms with Crippen LogP contribution in [0.15, 0.2) is 48.8 Å². The van der Waals surface area contributed by atoms with Crippen LogP contribution in [0.1, 0.15) is 25.3 Å². The Morgan fingerprint density at radius 2 is 1.86 bits per heavy atom. The molecule has 2 aromatic rings. The summed E-state index contributed by atoms with van der Waals surface area (Å²) in [7, 11) is 1.63. The molecule has 0 bridgehead atoms. The average Bonchev–Trinajstić information content (AvgIpc) is 2.79. The van der Waals surface area contributed by atoms with Crippen LogP contribution in [0.3, 0.4) is 0 Å². The fraction of sp³-hybridized carbons (Fsp3) is 0.391. The summed E-state index contributed by atoms with van der Waals surface area (Å²) in [5.74, 6) is 1.44. The monoisotopic (exact) mass is 395 g/mol. The number of benzene rings is 1. The Morgan fingerprint density at radius 1 is 1.10 bits per heavy atom. The van der Waals surface area contributed by atoms with E-state index >= 15 is 0 Å². The quantitative estimate of drug-likeness (QED) is 0.505. The van der Waals surface area contributed by atoms with Crippen molar-refractivity contribution in [3.05, 3.63) is 54.4 Å². The molecule has 154 valence electrons. The number of hydrogen-bond donors (Lipinski definition) is 0. The second kappa shape index (κ2) is 10.5. The predicted molar refractivity (Wildman–Crippen MR) is 115 cm³/mol. The zero-order chi connectivity index (χ0) is 20.5. The highest BCUT2D eigenvalue weighted by molar-refractivity contribution is 5.92. The molecule has 0 spiro atoms. The average molecular weight is 396 g/mol. The maximum atomic E-state index is 12.6. The van der Waals surface area contributed by atoms with Gasteiger partial charge in [0.15, 0.2) is 11.5 Å². The minimum atomic E-state index is 0.0293. The summed E-state index contributed by atoms with van der Waals surface area (Å²) in [5.41, 5.74) is 2.06. The Labute approximate surface area is 172 Å². The van der Waals surface area contributed by atoms with Crippen molar-refractivity contribution < 1.29 is 14.3 Å². The van der Waals surface area contributed by atoms with Crippen LogP contribution in [0.5, 0.6) is 11.5 Å². The molecule has 1 aromatic carbocycles. The van der Waals surface area contributed by atoms with E-state index in [1.54, 1.807) is 25.6 Å². The lowest BCUT2D eigenvalue weighted by molar-refractivity contribution is -0.126. The molecule has 1 saturated heterocycles. The molecule has 1 aromatic heterocycles. The number of unbranched alkanes of at least 4 members (excludes halogenated alkanes) is 1. The second-order valence-corrected chi connectivity index (χ2v) is 6.96. The van der Waals surface area contributed by atoms with E-state index < -0.39 is 0 Å². The fourth-order valence-corrected chi connectivity index (χ4v) is 3.25. The molecular weight excluding hydrogens is 366 g/mol. The largest absolute Gasteiger partial charge is 0.493 e. The van der Waals surface area contributed by atoms with Crippen LogP contribution < -0.4 is 14.4 Å². The molecule has 1 amide bonds. The predicted octanol–water partition coefficient (Wildman–Crippen LogP) is 3.63. The summed E-state index contributed by atoms with van der Waals surface area (Å²) in [6.07, 6.45) is 9.15. The molecule has 0 aliphatic carbocycles. The number of rotatable bonds is 8. The molecule has 3 rings (SSSR count). The van der Waals surface area contributed by atoms with Gasteiger partial charge in [0.2, 0.25) is 5.91 Å². The van der Waals surface area contributed by atoms with Gasteiger partial charge in [-0.05, 0) is 42.3 Å². The molecule has 2 heterocycles. The highest BCUT2D eigenvalue weighted by Gasteiger charge is 2.19. The number of nitrogens with zero attached hydrogens (tertiary/aromatic N) is 3. The van der Waals surface area contributed by atoms with Crippen LogP contribution in [0.4, 0.5) is 5.69 Å². The Kier molecular flexibility index (Phi) is 7.50. The van der Waals surface area contributed by atoms with E-state index in [0.717, 1.165) is 42.9 Å². The van der Waals surface area contributed by atoms with Gasteiger partial charge in [-0.15, -0.1) is 0 Å². The van der Waals surface area contributed by atoms with Gasteiger partial charge in [0.25, 0.3) is 0 Å². The molecule has 0 N–H and O–H groups in total. The lowest BCUT2D eigenvalue weighted by atomic mass is 10.1. The first-order chi connectivity index (χ1) is 14.2. The van der Waals surface area contributed by atoms with E-state index in [2.05, 4.69) is 16.8 Å². The molecular formula is C23H29N3O3. The van der Waals surface area contributed by atoms with E-state index in [1.807, 2.05) is 41.3 Å². The highest BCUT2D eigenvalue weighted by atomic mass is 16.5. The van der Waals surface area contributed by atoms with E-state index in [0.29, 0.717) is 25.4 Å². The topological polar surface area (TPSA) is 54.9 Å². The van der Waals surface area contributed by atoms with Crippen LogP contribution in [0.25, 0.3) is 6.08 Å². The Bertz CT molecular complexity index is 815. The van der Waals surface area contributed by atoms with E-state index in [1.165, 1.54) is 0 Å². The van der Waals surface area contributed by atoms with Crippen molar-refractivity contribution in [2.75, 3.05) is 44.8 Å². The Morgan fingerprint density at radius 3 is 2.55 bits per heavy atom. The summed E-state index contributed by atoms with van der Waals surface area (Å²) in [5, 5.41) is 0. The number of carbonyl (C=O) groups excluding carboxylic acids is 1. The number of piperazine rings is 1. The molecule has 1 aliphatic rings. The van der Waals surface area contributed by atoms with Crippen molar-refractivity contribution in [3.8, 4) is 11.5 Å². The molecule has 6 heteroatoms. The Balaban J connectivity index is 1.55. The first-order valence-electron chi connectivity index (χ1n) is 10.1. The maximum absolute atomic E-state index is 12.6. The van der Waals surface area contributed by atoms with Crippen molar-refractivity contribution >= 4 is 17.7 Å². The van der Waals surface area contributed by atoms with Gasteiger partial charge >= 0.3 is 0 Å². The van der Waals surface area contributed by atoms with Gasteiger partial charge in [-0.2, -0.15) is 0 Å². The van der Waals surface area contributed by atoms with Gasteiger partial charge in [0.1, 0.15) is 0 Å². The molecule has 0 radical (unpaired) electrons. The number of carbonyl (C=O) groups is 1. The zero-order valence-electron chi connectivity index (χ0n) is 17.2. The van der Waals surface area contributed by atoms with Crippen LogP contribution in [-0.4, -0.2) is 55.7 Å². The second-order valence-electron chi connectivity index (χ2n) is 6.96. The van der Waals surface area contributed by atoms with E-state index in [-0.39, 0.29) is 5.91 Å². The standard InChI is InChI=1S/C23H29N3O3/c1-3-4-17-29-21-7-5-19(18-22(21)28-2)6-8-23(27)26-15-13-25(14-16-26)20-9-11-24-12-10-20/h5-12,18H,3-4,13-17H2,1-2H3/b8-6+. The van der Waals surface area contributed by atoms with E-state index in [4.69, 9.17) is 9.47 Å². The van der Waals surface area contributed by atoms with Crippen LogP contribution in [0.2, 0.25) is 0 Å².